The molecule has 54 valence electrons. The summed E-state index contributed by atoms with van der Waals surface area (Å²) in [7, 11) is 3.94. The molecule has 0 heterocycles. The molecule has 0 aliphatic carbocycles. The topological polar surface area (TPSA) is 15.3 Å². The molecule has 1 N–H and O–H groups in total. The zero-order valence-corrected chi connectivity index (χ0v) is 6.73. The summed E-state index contributed by atoms with van der Waals surface area (Å²) in [6, 6.07) is 0. The highest BCUT2D eigenvalue weighted by molar-refractivity contribution is 4.93. The van der Waals surface area contributed by atoms with E-state index in [1.165, 1.54) is 5.57 Å². The van der Waals surface area contributed by atoms with Crippen molar-refractivity contribution in [3.63, 3.8) is 0 Å². The largest absolute Gasteiger partial charge is 0.327 e. The molecule has 0 fully saturated rings. The van der Waals surface area contributed by atoms with Gasteiger partial charge in [-0.2, -0.15) is 0 Å². The number of rotatable bonds is 3. The van der Waals surface area contributed by atoms with Gasteiger partial charge in [0.2, 0.25) is 0 Å². The van der Waals surface area contributed by atoms with Crippen molar-refractivity contribution in [2.24, 2.45) is 0 Å². The van der Waals surface area contributed by atoms with Crippen molar-refractivity contribution < 1.29 is 0 Å². The third kappa shape index (κ3) is 5.37. The van der Waals surface area contributed by atoms with E-state index in [9.17, 15) is 0 Å². The van der Waals surface area contributed by atoms with Crippen molar-refractivity contribution in [1.29, 1.82) is 0 Å². The molecule has 0 aliphatic heterocycles. The highest BCUT2D eigenvalue weighted by atomic mass is 15.5. The summed E-state index contributed by atoms with van der Waals surface area (Å²) < 4.78 is 0. The Kier molecular flexibility index (Phi) is 4.14. The minimum atomic E-state index is 1.11. The monoisotopic (exact) mass is 128 g/mol. The van der Waals surface area contributed by atoms with E-state index < -0.39 is 0 Å². The lowest BCUT2D eigenvalue weighted by molar-refractivity contribution is 0.341. The summed E-state index contributed by atoms with van der Waals surface area (Å²) in [6.45, 7) is 4.25. The summed E-state index contributed by atoms with van der Waals surface area (Å²) in [5.41, 5.74) is 4.43. The van der Waals surface area contributed by atoms with Crippen LogP contribution >= 0.6 is 0 Å². The van der Waals surface area contributed by atoms with Crippen molar-refractivity contribution in [1.82, 2.24) is 10.4 Å². The third-order valence-corrected chi connectivity index (χ3v) is 1.13. The van der Waals surface area contributed by atoms with Crippen LogP contribution in [0.3, 0.4) is 0 Å². The zero-order chi connectivity index (χ0) is 7.28. The lowest BCUT2D eigenvalue weighted by Crippen LogP contribution is -2.25. The second-order valence-corrected chi connectivity index (χ2v) is 2.37. The van der Waals surface area contributed by atoms with Crippen LogP contribution in [-0.2, 0) is 0 Å². The molecule has 0 aromatic heterocycles. The fourth-order valence-electron chi connectivity index (χ4n) is 0.341. The lowest BCUT2D eigenvalue weighted by Gasteiger charge is -2.09. The van der Waals surface area contributed by atoms with Crippen LogP contribution in [0.4, 0.5) is 0 Å². The van der Waals surface area contributed by atoms with E-state index in [1.807, 2.05) is 25.3 Å². The molecule has 0 rings (SSSR count). The first-order chi connectivity index (χ1) is 4.16. The molecule has 0 aromatic rings. The molecule has 0 aliphatic rings. The van der Waals surface area contributed by atoms with Gasteiger partial charge < -0.3 is 5.43 Å². The van der Waals surface area contributed by atoms with Crippen LogP contribution in [0.2, 0.25) is 0 Å². The van der Waals surface area contributed by atoms with E-state index in [-0.39, 0.29) is 0 Å². The Morgan fingerprint density at radius 3 is 2.44 bits per heavy atom. The Balaban J connectivity index is 3.43. The Labute approximate surface area is 57.5 Å². The van der Waals surface area contributed by atoms with Crippen LogP contribution in [0.1, 0.15) is 20.3 Å². The van der Waals surface area contributed by atoms with Gasteiger partial charge in [-0.3, -0.25) is 0 Å². The summed E-state index contributed by atoms with van der Waals surface area (Å²) in [5.74, 6) is 0. The Morgan fingerprint density at radius 1 is 1.56 bits per heavy atom. The molecule has 2 nitrogen and oxygen atoms in total. The quantitative estimate of drug-likeness (QED) is 0.577. The van der Waals surface area contributed by atoms with E-state index in [1.54, 1.807) is 0 Å². The highest BCUT2D eigenvalue weighted by Crippen LogP contribution is 1.93. The van der Waals surface area contributed by atoms with E-state index in [0.717, 1.165) is 6.42 Å². The molecule has 0 unspecified atom stereocenters. The summed E-state index contributed by atoms with van der Waals surface area (Å²) in [5, 5.41) is 1.92. The molecule has 0 radical (unpaired) electrons. The Bertz CT molecular complexity index is 95.1. The van der Waals surface area contributed by atoms with Crippen molar-refractivity contribution in [3.8, 4) is 0 Å². The van der Waals surface area contributed by atoms with Gasteiger partial charge in [0.25, 0.3) is 0 Å². The first-order valence-electron chi connectivity index (χ1n) is 3.26. The number of nitrogens with one attached hydrogen (secondary N) is 1. The van der Waals surface area contributed by atoms with Crippen molar-refractivity contribution in [3.05, 3.63) is 11.8 Å². The number of nitrogens with zero attached hydrogens (tertiary/aromatic N) is 1. The van der Waals surface area contributed by atoms with Crippen molar-refractivity contribution >= 4 is 0 Å². The standard InChI is InChI=1S/C7H16N2/c1-5-7(2)6-8-9(3)4/h6,8H,5H2,1-4H3/b7-6-. The van der Waals surface area contributed by atoms with Gasteiger partial charge in [-0.15, -0.1) is 0 Å². The van der Waals surface area contributed by atoms with Gasteiger partial charge in [0.1, 0.15) is 0 Å². The number of hydrogen-bond donors (Lipinski definition) is 1. The molecule has 2 heteroatoms. The molecule has 0 amide bonds. The average Bonchev–Trinajstić information content (AvgIpc) is 1.83. The van der Waals surface area contributed by atoms with Gasteiger partial charge in [0.05, 0.1) is 0 Å². The molecule has 0 spiro atoms. The maximum atomic E-state index is 3.07. The lowest BCUT2D eigenvalue weighted by atomic mass is 10.3. The van der Waals surface area contributed by atoms with Crippen molar-refractivity contribution in [2.75, 3.05) is 14.1 Å². The highest BCUT2D eigenvalue weighted by Gasteiger charge is 1.82. The van der Waals surface area contributed by atoms with Crippen LogP contribution in [0.15, 0.2) is 11.8 Å². The van der Waals surface area contributed by atoms with E-state index in [0.29, 0.717) is 0 Å². The van der Waals surface area contributed by atoms with Gasteiger partial charge in [0, 0.05) is 20.3 Å². The van der Waals surface area contributed by atoms with Gasteiger partial charge in [-0.1, -0.05) is 12.5 Å². The van der Waals surface area contributed by atoms with Crippen LogP contribution in [0.25, 0.3) is 0 Å². The van der Waals surface area contributed by atoms with E-state index in [2.05, 4.69) is 19.3 Å². The predicted molar refractivity (Wildman–Crippen MR) is 40.9 cm³/mol. The van der Waals surface area contributed by atoms with Crippen molar-refractivity contribution in [2.45, 2.75) is 20.3 Å². The number of hydrazine groups is 1. The van der Waals surface area contributed by atoms with Gasteiger partial charge in [0.15, 0.2) is 0 Å². The van der Waals surface area contributed by atoms with E-state index in [4.69, 9.17) is 0 Å². The molecule has 0 atom stereocenters. The minimum absolute atomic E-state index is 1.11. The molecule has 0 aromatic carbocycles. The summed E-state index contributed by atoms with van der Waals surface area (Å²) in [4.78, 5) is 0. The fourth-order valence-corrected chi connectivity index (χ4v) is 0.341. The normalized spacial score (nSPS) is 12.3. The Hall–Kier alpha value is -0.500. The average molecular weight is 128 g/mol. The second-order valence-electron chi connectivity index (χ2n) is 2.37. The molecular formula is C7H16N2. The number of hydrogen-bond acceptors (Lipinski definition) is 2. The Morgan fingerprint density at radius 2 is 2.11 bits per heavy atom. The van der Waals surface area contributed by atoms with Crippen LogP contribution in [-0.4, -0.2) is 19.1 Å². The molecule has 0 bridgehead atoms. The van der Waals surface area contributed by atoms with Crippen LogP contribution in [0, 0.1) is 0 Å². The fraction of sp³-hybridized carbons (Fsp3) is 0.714. The summed E-state index contributed by atoms with van der Waals surface area (Å²) >= 11 is 0. The minimum Gasteiger partial charge on any atom is -0.327 e. The second kappa shape index (κ2) is 4.39. The SMILES string of the molecule is CC/C(C)=C\NN(C)C. The zero-order valence-electron chi connectivity index (χ0n) is 6.73. The first-order valence-corrected chi connectivity index (χ1v) is 3.26. The van der Waals surface area contributed by atoms with E-state index >= 15 is 0 Å². The molecule has 0 saturated heterocycles. The van der Waals surface area contributed by atoms with Gasteiger partial charge in [-0.25, -0.2) is 5.01 Å². The maximum Gasteiger partial charge on any atom is 0.0116 e. The smallest absolute Gasteiger partial charge is 0.0116 e. The molecular weight excluding hydrogens is 112 g/mol. The van der Waals surface area contributed by atoms with Gasteiger partial charge in [-0.05, 0) is 13.3 Å². The maximum absolute atomic E-state index is 3.07. The molecule has 0 saturated carbocycles. The predicted octanol–water partition coefficient (Wildman–Crippen LogP) is 1.37. The van der Waals surface area contributed by atoms with Crippen LogP contribution < -0.4 is 5.43 Å². The third-order valence-electron chi connectivity index (χ3n) is 1.13. The van der Waals surface area contributed by atoms with Crippen LogP contribution in [0.5, 0.6) is 0 Å². The van der Waals surface area contributed by atoms with Gasteiger partial charge >= 0.3 is 0 Å². The first kappa shape index (κ1) is 8.50. The number of allylic oxidation sites excluding steroid dienone is 1. The molecule has 9 heavy (non-hydrogen) atoms. The summed E-state index contributed by atoms with van der Waals surface area (Å²) in [6.07, 6.45) is 3.13.